The normalized spacial score (nSPS) is 11.9. The number of benzene rings is 11. The van der Waals surface area contributed by atoms with Gasteiger partial charge in [-0.3, -0.25) is 0 Å². The van der Waals surface area contributed by atoms with Crippen molar-refractivity contribution in [1.82, 2.24) is 19.5 Å². The molecule has 3 heterocycles. The predicted octanol–water partition coefficient (Wildman–Crippen LogP) is 16.1. The molecule has 0 spiro atoms. The molecule has 306 valence electrons. The zero-order valence-corrected chi connectivity index (χ0v) is 35.5. The maximum Gasteiger partial charge on any atom is 0.165 e. The van der Waals surface area contributed by atoms with Crippen LogP contribution in [-0.4, -0.2) is 19.5 Å². The summed E-state index contributed by atoms with van der Waals surface area (Å²) in [6, 6.07) is 77.8. The second-order valence-electron chi connectivity index (χ2n) is 17.1. The van der Waals surface area contributed by atoms with E-state index < -0.39 is 0 Å². The number of aromatic nitrogens is 4. The molecule has 14 rings (SSSR count). The topological polar surface area (TPSA) is 56.7 Å². The molecule has 11 aromatic carbocycles. The first-order valence-electron chi connectivity index (χ1n) is 22.3. The molecule has 0 unspecified atom stereocenters. The van der Waals surface area contributed by atoms with Crippen LogP contribution in [0.5, 0.6) is 0 Å². The van der Waals surface area contributed by atoms with Crippen LogP contribution < -0.4 is 0 Å². The van der Waals surface area contributed by atoms with E-state index in [2.05, 4.69) is 180 Å². The summed E-state index contributed by atoms with van der Waals surface area (Å²) < 4.78 is 8.78. The van der Waals surface area contributed by atoms with Gasteiger partial charge in [0, 0.05) is 49.0 Å². The molecule has 0 atom stereocenters. The third kappa shape index (κ3) is 5.57. The van der Waals surface area contributed by atoms with Gasteiger partial charge in [-0.15, -0.1) is 0 Å². The lowest BCUT2D eigenvalue weighted by atomic mass is 9.89. The Morgan fingerprint density at radius 3 is 1.74 bits per heavy atom. The Hall–Kier alpha value is -8.93. The van der Waals surface area contributed by atoms with Crippen LogP contribution >= 0.6 is 0 Å². The van der Waals surface area contributed by atoms with Crippen molar-refractivity contribution in [2.24, 2.45) is 0 Å². The quantitative estimate of drug-likeness (QED) is 0.173. The molecule has 0 radical (unpaired) electrons. The van der Waals surface area contributed by atoms with E-state index in [1.807, 2.05) is 42.5 Å². The molecule has 0 N–H and O–H groups in total. The Labute approximate surface area is 378 Å². The Morgan fingerprint density at radius 1 is 0.318 bits per heavy atom. The second-order valence-corrected chi connectivity index (χ2v) is 17.1. The van der Waals surface area contributed by atoms with Crippen molar-refractivity contribution in [2.45, 2.75) is 0 Å². The minimum atomic E-state index is 0.587. The van der Waals surface area contributed by atoms with Gasteiger partial charge in [-0.2, -0.15) is 0 Å². The molecule has 0 aliphatic heterocycles. The maximum absolute atomic E-state index is 6.26. The highest BCUT2D eigenvalue weighted by Crippen LogP contribution is 2.46. The summed E-state index contributed by atoms with van der Waals surface area (Å²) >= 11 is 0. The van der Waals surface area contributed by atoms with E-state index in [1.54, 1.807) is 0 Å². The molecule has 0 amide bonds. The number of hydrogen-bond acceptors (Lipinski definition) is 4. The van der Waals surface area contributed by atoms with Gasteiger partial charge in [0.05, 0.1) is 16.7 Å². The molecule has 5 heteroatoms. The van der Waals surface area contributed by atoms with Crippen molar-refractivity contribution in [2.75, 3.05) is 0 Å². The van der Waals surface area contributed by atoms with Gasteiger partial charge in [-0.05, 0) is 85.9 Å². The van der Waals surface area contributed by atoms with E-state index >= 15 is 0 Å². The Kier molecular flexibility index (Phi) is 7.91. The van der Waals surface area contributed by atoms with Crippen LogP contribution in [0, 0.1) is 0 Å². The van der Waals surface area contributed by atoms with E-state index in [4.69, 9.17) is 19.4 Å². The predicted molar refractivity (Wildman–Crippen MR) is 273 cm³/mol. The lowest BCUT2D eigenvalue weighted by Crippen LogP contribution is -2.04. The van der Waals surface area contributed by atoms with E-state index in [0.29, 0.717) is 17.5 Å². The van der Waals surface area contributed by atoms with Crippen LogP contribution in [-0.2, 0) is 0 Å². The molecule has 0 saturated heterocycles. The minimum absolute atomic E-state index is 0.587. The molecule has 5 nitrogen and oxygen atoms in total. The molecular weight excluding hydrogens is 805 g/mol. The van der Waals surface area contributed by atoms with Gasteiger partial charge in [0.2, 0.25) is 0 Å². The Bertz CT molecular complexity index is 4290. The fraction of sp³-hybridized carbons (Fsp3) is 0. The highest BCUT2D eigenvalue weighted by atomic mass is 16.3. The number of furan rings is 1. The average molecular weight is 841 g/mol. The van der Waals surface area contributed by atoms with E-state index in [9.17, 15) is 0 Å². The lowest BCUT2D eigenvalue weighted by Gasteiger charge is -2.20. The van der Waals surface area contributed by atoms with Gasteiger partial charge < -0.3 is 8.98 Å². The maximum atomic E-state index is 6.26. The van der Waals surface area contributed by atoms with Crippen LogP contribution in [0.1, 0.15) is 0 Å². The van der Waals surface area contributed by atoms with Gasteiger partial charge in [-0.25, -0.2) is 15.0 Å². The van der Waals surface area contributed by atoms with E-state index in [-0.39, 0.29) is 0 Å². The summed E-state index contributed by atoms with van der Waals surface area (Å²) in [5.41, 5.74) is 9.95. The molecular formula is C61H36N4O. The van der Waals surface area contributed by atoms with Crippen LogP contribution in [0.3, 0.4) is 0 Å². The SMILES string of the molecule is c1ccc(-c2nc(-c3ccc4oc5ccccc5c4c3)nc(-c3c(-c4cccc5ccccc45)cc(-n4c5cc6ccccc6cc5c5ccc6ccccc6c54)c4ccccc34)n2)cc1. The zero-order chi connectivity index (χ0) is 43.3. The van der Waals surface area contributed by atoms with Gasteiger partial charge in [0.15, 0.2) is 17.5 Å². The number of nitrogens with zero attached hydrogens (tertiary/aromatic N) is 4. The summed E-state index contributed by atoms with van der Waals surface area (Å²) in [6.45, 7) is 0. The van der Waals surface area contributed by atoms with Crippen LogP contribution in [0.4, 0.5) is 0 Å². The van der Waals surface area contributed by atoms with Gasteiger partial charge in [0.25, 0.3) is 0 Å². The fourth-order valence-electron chi connectivity index (χ4n) is 10.4. The highest BCUT2D eigenvalue weighted by molar-refractivity contribution is 6.22. The average Bonchev–Trinajstić information content (AvgIpc) is 3.92. The summed E-state index contributed by atoms with van der Waals surface area (Å²) in [7, 11) is 0. The molecule has 0 saturated carbocycles. The number of para-hydroxylation sites is 1. The van der Waals surface area contributed by atoms with E-state index in [0.717, 1.165) is 82.5 Å². The van der Waals surface area contributed by atoms with Crippen molar-refractivity contribution in [1.29, 1.82) is 0 Å². The van der Waals surface area contributed by atoms with E-state index in [1.165, 1.54) is 37.8 Å². The number of hydrogen-bond donors (Lipinski definition) is 0. The smallest absolute Gasteiger partial charge is 0.165 e. The zero-order valence-electron chi connectivity index (χ0n) is 35.5. The molecule has 3 aromatic heterocycles. The summed E-state index contributed by atoms with van der Waals surface area (Å²) in [6.07, 6.45) is 0. The monoisotopic (exact) mass is 840 g/mol. The van der Waals surface area contributed by atoms with Crippen LogP contribution in [0.15, 0.2) is 223 Å². The van der Waals surface area contributed by atoms with Crippen molar-refractivity contribution in [3.63, 3.8) is 0 Å². The van der Waals surface area contributed by atoms with Gasteiger partial charge >= 0.3 is 0 Å². The number of rotatable bonds is 5. The van der Waals surface area contributed by atoms with Gasteiger partial charge in [0.1, 0.15) is 11.2 Å². The van der Waals surface area contributed by atoms with Crippen LogP contribution in [0.25, 0.3) is 138 Å². The first-order valence-corrected chi connectivity index (χ1v) is 22.3. The second kappa shape index (κ2) is 14.3. The van der Waals surface area contributed by atoms with Crippen molar-refractivity contribution in [3.05, 3.63) is 218 Å². The molecule has 14 aromatic rings. The third-order valence-corrected chi connectivity index (χ3v) is 13.4. The summed E-state index contributed by atoms with van der Waals surface area (Å²) in [5.74, 6) is 1.79. The Morgan fingerprint density at radius 2 is 0.924 bits per heavy atom. The highest BCUT2D eigenvalue weighted by Gasteiger charge is 2.25. The van der Waals surface area contributed by atoms with Crippen LogP contribution in [0.2, 0.25) is 0 Å². The third-order valence-electron chi connectivity index (χ3n) is 13.4. The first-order chi connectivity index (χ1) is 32.7. The lowest BCUT2D eigenvalue weighted by molar-refractivity contribution is 0.669. The molecule has 0 bridgehead atoms. The van der Waals surface area contributed by atoms with Gasteiger partial charge in [-0.1, -0.05) is 176 Å². The standard InChI is InChI=1S/C61H36N4O/c1-2-17-39(18-3-1)59-62-60(42-30-32-56-51(34-42)47-25-12-13-28-55(47)66-56)64-61(63-59)57-48-26-11-10-24-46(48)54(36-52(57)45-27-14-21-37-15-6-8-22-43(37)45)65-53-35-41-20-5-4-19-40(41)33-50(53)49-31-29-38-16-7-9-23-44(38)58(49)65/h1-36H. The Balaban J connectivity index is 1.13. The molecule has 0 aliphatic rings. The summed E-state index contributed by atoms with van der Waals surface area (Å²) in [4.78, 5) is 16.2. The number of fused-ring (bicyclic) bond motifs is 11. The summed E-state index contributed by atoms with van der Waals surface area (Å²) in [5, 5.41) is 13.7. The van der Waals surface area contributed by atoms with Crippen molar-refractivity contribution < 1.29 is 4.42 Å². The fourth-order valence-corrected chi connectivity index (χ4v) is 10.4. The molecule has 66 heavy (non-hydrogen) atoms. The molecule has 0 aliphatic carbocycles. The van der Waals surface area contributed by atoms with Crippen molar-refractivity contribution in [3.8, 4) is 51.0 Å². The largest absolute Gasteiger partial charge is 0.456 e. The minimum Gasteiger partial charge on any atom is -0.456 e. The molecule has 0 fully saturated rings. The first kappa shape index (κ1) is 36.5. The van der Waals surface area contributed by atoms with Crippen molar-refractivity contribution >= 4 is 86.8 Å².